The van der Waals surface area contributed by atoms with Gasteiger partial charge in [0.1, 0.15) is 10.7 Å². The molecule has 0 atom stereocenters. The van der Waals surface area contributed by atoms with Crippen molar-refractivity contribution in [1.82, 2.24) is 19.6 Å². The molecule has 2 aromatic heterocycles. The van der Waals surface area contributed by atoms with Crippen LogP contribution in [0.5, 0.6) is 0 Å². The van der Waals surface area contributed by atoms with Gasteiger partial charge in [-0.2, -0.15) is 23.4 Å². The van der Waals surface area contributed by atoms with Gasteiger partial charge in [-0.1, -0.05) is 35.3 Å². The molecule has 0 fully saturated rings. The average Bonchev–Trinajstić information content (AvgIpc) is 3.05. The van der Waals surface area contributed by atoms with Crippen LogP contribution in [-0.4, -0.2) is 25.5 Å². The molecule has 0 aliphatic rings. The van der Waals surface area contributed by atoms with E-state index in [1.54, 1.807) is 30.7 Å². The van der Waals surface area contributed by atoms with Gasteiger partial charge in [0.05, 0.1) is 23.6 Å². The van der Waals surface area contributed by atoms with Crippen LogP contribution < -0.4 is 5.32 Å². The number of aromatic nitrogens is 4. The van der Waals surface area contributed by atoms with E-state index >= 15 is 0 Å². The van der Waals surface area contributed by atoms with Gasteiger partial charge in [0.25, 0.3) is 5.91 Å². The van der Waals surface area contributed by atoms with E-state index in [-0.39, 0.29) is 5.69 Å². The zero-order chi connectivity index (χ0) is 21.5. The number of amides is 1. The number of rotatable bonds is 4. The largest absolute Gasteiger partial charge is 0.436 e. The average molecular weight is 446 g/mol. The van der Waals surface area contributed by atoms with Crippen LogP contribution >= 0.6 is 23.2 Å². The molecular formula is C18H16Cl2F3N5O. The highest BCUT2D eigenvalue weighted by molar-refractivity contribution is 6.35. The van der Waals surface area contributed by atoms with Crippen LogP contribution in [0.1, 0.15) is 33.1 Å². The van der Waals surface area contributed by atoms with Gasteiger partial charge < -0.3 is 5.32 Å². The molecule has 1 N–H and O–H groups in total. The van der Waals surface area contributed by atoms with Crippen LogP contribution in [0.4, 0.5) is 18.9 Å². The van der Waals surface area contributed by atoms with Crippen molar-refractivity contribution < 1.29 is 18.0 Å². The second-order valence-electron chi connectivity index (χ2n) is 6.42. The van der Waals surface area contributed by atoms with Crippen molar-refractivity contribution in [3.05, 3.63) is 62.6 Å². The van der Waals surface area contributed by atoms with E-state index in [4.69, 9.17) is 23.2 Å². The molecule has 11 heteroatoms. The monoisotopic (exact) mass is 445 g/mol. The van der Waals surface area contributed by atoms with Gasteiger partial charge in [0.15, 0.2) is 5.69 Å². The summed E-state index contributed by atoms with van der Waals surface area (Å²) in [4.78, 5) is 12.6. The summed E-state index contributed by atoms with van der Waals surface area (Å²) >= 11 is 11.8. The van der Waals surface area contributed by atoms with Crippen molar-refractivity contribution in [2.24, 2.45) is 7.05 Å². The zero-order valence-corrected chi connectivity index (χ0v) is 17.1. The van der Waals surface area contributed by atoms with Crippen molar-refractivity contribution in [2.75, 3.05) is 5.32 Å². The van der Waals surface area contributed by atoms with Gasteiger partial charge in [-0.15, -0.1) is 0 Å². The van der Waals surface area contributed by atoms with Gasteiger partial charge >= 0.3 is 6.18 Å². The number of anilines is 1. The molecule has 0 saturated carbocycles. The first-order chi connectivity index (χ1) is 13.5. The van der Waals surface area contributed by atoms with Crippen LogP contribution in [0.2, 0.25) is 10.0 Å². The number of carbonyl (C=O) groups excluding carboxylic acids is 1. The molecule has 154 valence electrons. The fourth-order valence-electron chi connectivity index (χ4n) is 2.94. The summed E-state index contributed by atoms with van der Waals surface area (Å²) < 4.78 is 41.4. The Bertz CT molecular complexity index is 1090. The molecule has 0 saturated heterocycles. The van der Waals surface area contributed by atoms with Crippen LogP contribution in [0.25, 0.3) is 0 Å². The van der Waals surface area contributed by atoms with Crippen molar-refractivity contribution in [3.63, 3.8) is 0 Å². The number of aryl methyl sites for hydroxylation is 2. The molecule has 1 amide bonds. The second kappa shape index (κ2) is 7.72. The van der Waals surface area contributed by atoms with Crippen LogP contribution in [0.15, 0.2) is 24.3 Å². The van der Waals surface area contributed by atoms with E-state index in [0.717, 1.165) is 10.2 Å². The Labute approximate surface area is 174 Å². The number of alkyl halides is 3. The standard InChI is InChI=1S/C18H16Cl2F3N5O/c1-9-14(10(2)28(25-9)8-11-5-4-6-12(19)7-11)24-17(29)15-13(20)16(18(21,22)23)26-27(15)3/h4-7H,8H2,1-3H3,(H,24,29). The van der Waals surface area contributed by atoms with Gasteiger partial charge in [-0.05, 0) is 31.5 Å². The SMILES string of the molecule is Cc1nn(Cc2cccc(Cl)c2)c(C)c1NC(=O)c1c(Cl)c(C(F)(F)F)nn1C. The number of nitrogens with one attached hydrogen (secondary N) is 1. The third-order valence-electron chi connectivity index (χ3n) is 4.31. The van der Waals surface area contributed by atoms with Crippen molar-refractivity contribution >= 4 is 34.8 Å². The second-order valence-corrected chi connectivity index (χ2v) is 7.23. The lowest BCUT2D eigenvalue weighted by Crippen LogP contribution is -2.17. The lowest BCUT2D eigenvalue weighted by atomic mass is 10.2. The number of halogens is 5. The summed E-state index contributed by atoms with van der Waals surface area (Å²) in [5, 5.41) is 10.2. The summed E-state index contributed by atoms with van der Waals surface area (Å²) in [5.74, 6) is -0.811. The minimum absolute atomic E-state index is 0.389. The number of benzene rings is 1. The Morgan fingerprint density at radius 2 is 1.90 bits per heavy atom. The number of hydrogen-bond donors (Lipinski definition) is 1. The maximum atomic E-state index is 13.0. The first-order valence-corrected chi connectivity index (χ1v) is 9.14. The van der Waals surface area contributed by atoms with Crippen molar-refractivity contribution in [1.29, 1.82) is 0 Å². The Hall–Kier alpha value is -2.52. The van der Waals surface area contributed by atoms with Crippen molar-refractivity contribution in [3.8, 4) is 0 Å². The van der Waals surface area contributed by atoms with Crippen molar-refractivity contribution in [2.45, 2.75) is 26.6 Å². The Balaban J connectivity index is 1.89. The topological polar surface area (TPSA) is 64.7 Å². The van der Waals surface area contributed by atoms with E-state index in [0.29, 0.717) is 28.6 Å². The van der Waals surface area contributed by atoms with Gasteiger partial charge in [-0.3, -0.25) is 14.2 Å². The predicted octanol–water partition coefficient (Wildman–Crippen LogP) is 4.86. The maximum Gasteiger partial charge on any atom is 0.436 e. The zero-order valence-electron chi connectivity index (χ0n) is 15.6. The van der Waals surface area contributed by atoms with E-state index in [1.165, 1.54) is 7.05 Å². The lowest BCUT2D eigenvalue weighted by molar-refractivity contribution is -0.141. The lowest BCUT2D eigenvalue weighted by Gasteiger charge is -2.08. The fourth-order valence-corrected chi connectivity index (χ4v) is 3.50. The summed E-state index contributed by atoms with van der Waals surface area (Å²) in [7, 11) is 1.22. The first kappa shape index (κ1) is 21.2. The summed E-state index contributed by atoms with van der Waals surface area (Å²) in [6.07, 6.45) is -4.76. The molecule has 0 bridgehead atoms. The highest BCUT2D eigenvalue weighted by Crippen LogP contribution is 2.35. The van der Waals surface area contributed by atoms with Crippen LogP contribution in [-0.2, 0) is 19.8 Å². The fraction of sp³-hybridized carbons (Fsp3) is 0.278. The van der Waals surface area contributed by atoms with Crippen LogP contribution in [0.3, 0.4) is 0 Å². The highest BCUT2D eigenvalue weighted by Gasteiger charge is 2.39. The van der Waals surface area contributed by atoms with Gasteiger partial charge in [0.2, 0.25) is 0 Å². The Morgan fingerprint density at radius 1 is 1.21 bits per heavy atom. The minimum atomic E-state index is -4.76. The Kier molecular flexibility index (Phi) is 5.64. The molecule has 0 aliphatic heterocycles. The predicted molar refractivity (Wildman–Crippen MR) is 103 cm³/mol. The van der Waals surface area contributed by atoms with E-state index < -0.39 is 22.8 Å². The number of hydrogen-bond acceptors (Lipinski definition) is 3. The summed E-state index contributed by atoms with van der Waals surface area (Å²) in [5.41, 5.74) is 0.739. The molecule has 6 nitrogen and oxygen atoms in total. The molecule has 0 spiro atoms. The summed E-state index contributed by atoms with van der Waals surface area (Å²) in [6, 6.07) is 7.25. The molecule has 2 heterocycles. The molecule has 29 heavy (non-hydrogen) atoms. The maximum absolute atomic E-state index is 13.0. The molecule has 3 aromatic rings. The molecule has 0 unspecified atom stereocenters. The normalized spacial score (nSPS) is 11.7. The smallest absolute Gasteiger partial charge is 0.317 e. The summed E-state index contributed by atoms with van der Waals surface area (Å²) in [6.45, 7) is 3.84. The molecule has 0 radical (unpaired) electrons. The molecule has 3 rings (SSSR count). The number of nitrogens with zero attached hydrogens (tertiary/aromatic N) is 4. The molecule has 1 aromatic carbocycles. The third kappa shape index (κ3) is 4.25. The van der Waals surface area contributed by atoms with Gasteiger partial charge in [0, 0.05) is 12.1 Å². The first-order valence-electron chi connectivity index (χ1n) is 8.38. The quantitative estimate of drug-likeness (QED) is 0.623. The minimum Gasteiger partial charge on any atom is -0.317 e. The Morgan fingerprint density at radius 3 is 2.48 bits per heavy atom. The third-order valence-corrected chi connectivity index (χ3v) is 4.91. The molecule has 0 aliphatic carbocycles. The van der Waals surface area contributed by atoms with Gasteiger partial charge in [-0.25, -0.2) is 0 Å². The molecular weight excluding hydrogens is 430 g/mol. The van der Waals surface area contributed by atoms with E-state index in [1.807, 2.05) is 12.1 Å². The van der Waals surface area contributed by atoms with E-state index in [2.05, 4.69) is 15.5 Å². The van der Waals surface area contributed by atoms with E-state index in [9.17, 15) is 18.0 Å². The number of carbonyl (C=O) groups is 1. The van der Waals surface area contributed by atoms with Crippen LogP contribution in [0, 0.1) is 13.8 Å². The highest BCUT2D eigenvalue weighted by atomic mass is 35.5.